The average molecular weight is 636 g/mol. The Morgan fingerprint density at radius 1 is 0.935 bits per heavy atom. The number of carbonyl (C=O) groups is 1. The zero-order valence-electron chi connectivity index (χ0n) is 24.9. The highest BCUT2D eigenvalue weighted by Crippen LogP contribution is 2.35. The Kier molecular flexibility index (Phi) is 8.01. The van der Waals surface area contributed by atoms with Crippen LogP contribution in [0.3, 0.4) is 0 Å². The Bertz CT molecular complexity index is 2060. The van der Waals surface area contributed by atoms with Crippen molar-refractivity contribution >= 4 is 17.0 Å². The molecule has 2 aromatic carbocycles. The molecule has 0 atom stereocenters. The summed E-state index contributed by atoms with van der Waals surface area (Å²) in [4.78, 5) is 41.6. The van der Waals surface area contributed by atoms with Crippen LogP contribution in [-0.4, -0.2) is 43.5 Å². The minimum atomic E-state index is -2.72. The highest BCUT2D eigenvalue weighted by Gasteiger charge is 2.34. The summed E-state index contributed by atoms with van der Waals surface area (Å²) in [5.41, 5.74) is -0.370. The second kappa shape index (κ2) is 12.0. The number of nitrogens with zero attached hydrogens (tertiary/aromatic N) is 5. The molecular weight excluding hydrogens is 606 g/mol. The van der Waals surface area contributed by atoms with Crippen molar-refractivity contribution in [3.05, 3.63) is 117 Å². The fourth-order valence-corrected chi connectivity index (χ4v) is 5.42. The van der Waals surface area contributed by atoms with Gasteiger partial charge < -0.3 is 9.64 Å². The van der Waals surface area contributed by atoms with Crippen LogP contribution in [0.25, 0.3) is 11.2 Å². The SMILES string of the molecule is CC(C)n1cc(C(=O)Cc2ccc(Oc3cc(N4CCC(F)(F)CC4)cn4nccc34)c(F)c2)c(=O)n(-c2ccc(F)cc2)c1=O. The van der Waals surface area contributed by atoms with Crippen molar-refractivity contribution < 1.29 is 27.1 Å². The second-order valence-corrected chi connectivity index (χ2v) is 11.5. The normalized spacial score (nSPS) is 14.6. The molecule has 238 valence electrons. The van der Waals surface area contributed by atoms with Gasteiger partial charge in [-0.3, -0.25) is 14.2 Å². The van der Waals surface area contributed by atoms with E-state index in [0.717, 1.165) is 22.8 Å². The number of Topliss-reactive ketones (excluding diaryl/α,β-unsaturated/α-hetero) is 1. The number of halogens is 4. The molecular formula is C33H29F4N5O4. The van der Waals surface area contributed by atoms with Crippen LogP contribution in [0.2, 0.25) is 0 Å². The van der Waals surface area contributed by atoms with Crippen LogP contribution >= 0.6 is 0 Å². The van der Waals surface area contributed by atoms with Gasteiger partial charge in [-0.15, -0.1) is 0 Å². The first-order valence-electron chi connectivity index (χ1n) is 14.6. The lowest BCUT2D eigenvalue weighted by Crippen LogP contribution is -2.42. The molecule has 1 aliphatic heterocycles. The van der Waals surface area contributed by atoms with E-state index >= 15 is 4.39 Å². The van der Waals surface area contributed by atoms with E-state index < -0.39 is 40.6 Å². The maximum Gasteiger partial charge on any atom is 0.335 e. The van der Waals surface area contributed by atoms with Gasteiger partial charge >= 0.3 is 5.69 Å². The number of fused-ring (bicyclic) bond motifs is 1. The molecule has 46 heavy (non-hydrogen) atoms. The highest BCUT2D eigenvalue weighted by molar-refractivity contribution is 5.97. The molecule has 0 aliphatic carbocycles. The standard InChI is InChI=1S/C33H29F4N5O4/c1-20(2)40-19-25(31(44)42(32(40)45)23-6-4-22(34)5-7-23)28(43)16-21-3-8-29(26(35)15-21)46-30-17-24(18-41-27(30)9-12-38-41)39-13-10-33(36,37)11-14-39/h3-9,12,15,17-20H,10-11,13-14,16H2,1-2H3. The van der Waals surface area contributed by atoms with E-state index in [1.165, 1.54) is 45.7 Å². The zero-order valence-corrected chi connectivity index (χ0v) is 24.9. The van der Waals surface area contributed by atoms with Crippen molar-refractivity contribution in [3.63, 3.8) is 0 Å². The second-order valence-electron chi connectivity index (χ2n) is 11.5. The maximum atomic E-state index is 15.4. The molecule has 0 radical (unpaired) electrons. The highest BCUT2D eigenvalue weighted by atomic mass is 19.3. The first-order chi connectivity index (χ1) is 21.9. The fraction of sp³-hybridized carbons (Fsp3) is 0.273. The van der Waals surface area contributed by atoms with Crippen LogP contribution < -0.4 is 20.9 Å². The molecule has 0 amide bonds. The Morgan fingerprint density at radius 3 is 2.33 bits per heavy atom. The van der Waals surface area contributed by atoms with Crippen molar-refractivity contribution in [2.24, 2.45) is 0 Å². The predicted octanol–water partition coefficient (Wildman–Crippen LogP) is 5.96. The maximum absolute atomic E-state index is 15.4. The molecule has 1 saturated heterocycles. The molecule has 0 saturated carbocycles. The summed E-state index contributed by atoms with van der Waals surface area (Å²) in [5.74, 6) is -4.59. The minimum absolute atomic E-state index is 0.0996. The van der Waals surface area contributed by atoms with Gasteiger partial charge in [0.25, 0.3) is 11.5 Å². The Balaban J connectivity index is 1.27. The third-order valence-corrected chi connectivity index (χ3v) is 7.95. The minimum Gasteiger partial charge on any atom is -0.452 e. The number of aromatic nitrogens is 4. The molecule has 0 bridgehead atoms. The fourth-order valence-electron chi connectivity index (χ4n) is 5.42. The topological polar surface area (TPSA) is 90.8 Å². The molecule has 1 aliphatic rings. The van der Waals surface area contributed by atoms with Crippen LogP contribution in [0.1, 0.15) is 48.7 Å². The van der Waals surface area contributed by atoms with Gasteiger partial charge in [-0.1, -0.05) is 6.07 Å². The number of rotatable bonds is 8. The van der Waals surface area contributed by atoms with E-state index in [1.807, 2.05) is 0 Å². The number of benzene rings is 2. The van der Waals surface area contributed by atoms with Crippen LogP contribution in [-0.2, 0) is 6.42 Å². The quantitative estimate of drug-likeness (QED) is 0.155. The van der Waals surface area contributed by atoms with Gasteiger partial charge in [0, 0.05) is 50.7 Å². The van der Waals surface area contributed by atoms with E-state index in [4.69, 9.17) is 4.74 Å². The van der Waals surface area contributed by atoms with Crippen LogP contribution in [0.15, 0.2) is 82.8 Å². The monoisotopic (exact) mass is 635 g/mol. The zero-order chi connectivity index (χ0) is 32.7. The molecule has 0 N–H and O–H groups in total. The van der Waals surface area contributed by atoms with Crippen molar-refractivity contribution in [2.45, 2.75) is 45.1 Å². The summed E-state index contributed by atoms with van der Waals surface area (Å²) in [5, 5.41) is 4.23. The van der Waals surface area contributed by atoms with Gasteiger partial charge in [0.2, 0.25) is 0 Å². The Hall–Kier alpha value is -5.20. The number of ether oxygens (including phenoxy) is 1. The van der Waals surface area contributed by atoms with E-state index in [1.54, 1.807) is 37.1 Å². The first kappa shape index (κ1) is 30.8. The number of alkyl halides is 2. The largest absolute Gasteiger partial charge is 0.452 e. The molecule has 6 rings (SSSR count). The van der Waals surface area contributed by atoms with Crippen LogP contribution in [0.5, 0.6) is 11.5 Å². The molecule has 3 aromatic heterocycles. The van der Waals surface area contributed by atoms with Gasteiger partial charge in [0.05, 0.1) is 23.8 Å². The number of carbonyl (C=O) groups excluding carboxylic acids is 1. The third kappa shape index (κ3) is 6.04. The molecule has 13 heteroatoms. The smallest absolute Gasteiger partial charge is 0.335 e. The number of hydrogen-bond donors (Lipinski definition) is 0. The van der Waals surface area contributed by atoms with Gasteiger partial charge in [0.15, 0.2) is 23.1 Å². The van der Waals surface area contributed by atoms with Crippen molar-refractivity contribution in [1.82, 2.24) is 18.7 Å². The van der Waals surface area contributed by atoms with E-state index in [0.29, 0.717) is 11.2 Å². The number of pyridine rings is 1. The summed E-state index contributed by atoms with van der Waals surface area (Å²) in [7, 11) is 0. The average Bonchev–Trinajstić information content (AvgIpc) is 3.48. The number of hydrogen-bond acceptors (Lipinski definition) is 6. The molecule has 1 fully saturated rings. The molecule has 0 spiro atoms. The van der Waals surface area contributed by atoms with Gasteiger partial charge in [-0.2, -0.15) is 5.10 Å². The number of piperidine rings is 1. The van der Waals surface area contributed by atoms with Crippen LogP contribution in [0.4, 0.5) is 23.2 Å². The Morgan fingerprint density at radius 2 is 1.65 bits per heavy atom. The Labute approximate surface area is 259 Å². The summed E-state index contributed by atoms with van der Waals surface area (Å²) >= 11 is 0. The van der Waals surface area contributed by atoms with Crippen molar-refractivity contribution in [1.29, 1.82) is 0 Å². The summed E-state index contributed by atoms with van der Waals surface area (Å²) in [6, 6.07) is 11.6. The summed E-state index contributed by atoms with van der Waals surface area (Å²) in [6.07, 6.45) is 3.51. The number of anilines is 1. The summed E-state index contributed by atoms with van der Waals surface area (Å²) < 4.78 is 65.9. The van der Waals surface area contributed by atoms with E-state index in [-0.39, 0.29) is 60.7 Å². The lowest BCUT2D eigenvalue weighted by atomic mass is 10.0. The first-order valence-corrected chi connectivity index (χ1v) is 14.6. The molecule has 5 aromatic rings. The van der Waals surface area contributed by atoms with Crippen molar-refractivity contribution in [3.8, 4) is 17.2 Å². The lowest BCUT2D eigenvalue weighted by Gasteiger charge is -2.33. The number of ketones is 1. The van der Waals surface area contributed by atoms with Gasteiger partial charge in [-0.05, 0) is 61.9 Å². The van der Waals surface area contributed by atoms with Crippen LogP contribution in [0, 0.1) is 11.6 Å². The molecule has 9 nitrogen and oxygen atoms in total. The predicted molar refractivity (Wildman–Crippen MR) is 163 cm³/mol. The van der Waals surface area contributed by atoms with Gasteiger partial charge in [0.1, 0.15) is 16.9 Å². The van der Waals surface area contributed by atoms with Crippen molar-refractivity contribution in [2.75, 3.05) is 18.0 Å². The summed E-state index contributed by atoms with van der Waals surface area (Å²) in [6.45, 7) is 3.70. The lowest BCUT2D eigenvalue weighted by molar-refractivity contribution is -0.0220. The molecule has 0 unspecified atom stereocenters. The van der Waals surface area contributed by atoms with E-state index in [9.17, 15) is 27.6 Å². The van der Waals surface area contributed by atoms with Gasteiger partial charge in [-0.25, -0.2) is 31.4 Å². The molecule has 4 heterocycles. The third-order valence-electron chi connectivity index (χ3n) is 7.95. The van der Waals surface area contributed by atoms with E-state index in [2.05, 4.69) is 5.10 Å².